The number of hydrogen-bond donors (Lipinski definition) is 0. The Labute approximate surface area is 168 Å². The second-order valence-electron chi connectivity index (χ2n) is 7.26. The van der Waals surface area contributed by atoms with Gasteiger partial charge in [-0.3, -0.25) is 4.79 Å². The van der Waals surface area contributed by atoms with E-state index in [0.717, 1.165) is 25.9 Å². The number of likely N-dealkylation sites (tertiary alicyclic amines) is 1. The normalized spacial score (nSPS) is 15.0. The lowest BCUT2D eigenvalue weighted by Gasteiger charge is -2.30. The van der Waals surface area contributed by atoms with Crippen LogP contribution in [-0.4, -0.2) is 33.7 Å². The van der Waals surface area contributed by atoms with Crippen molar-refractivity contribution in [1.82, 2.24) is 14.7 Å². The largest absolute Gasteiger partial charge is 0.337 e. The van der Waals surface area contributed by atoms with Crippen LogP contribution in [0.1, 0.15) is 30.3 Å². The van der Waals surface area contributed by atoms with E-state index >= 15 is 0 Å². The van der Waals surface area contributed by atoms with Gasteiger partial charge in [0.25, 0.3) is 5.91 Å². The molecule has 2 heterocycles. The van der Waals surface area contributed by atoms with Crippen LogP contribution < -0.4 is 0 Å². The average Bonchev–Trinajstić information content (AvgIpc) is 3.14. The Morgan fingerprint density at radius 1 is 1.11 bits per heavy atom. The summed E-state index contributed by atoms with van der Waals surface area (Å²) in [7, 11) is 0. The van der Waals surface area contributed by atoms with Gasteiger partial charge in [0.15, 0.2) is 0 Å². The predicted molar refractivity (Wildman–Crippen MR) is 108 cm³/mol. The van der Waals surface area contributed by atoms with Crippen LogP contribution in [-0.2, 0) is 0 Å². The Hall–Kier alpha value is -2.66. The minimum Gasteiger partial charge on any atom is -0.337 e. The number of halogens is 2. The van der Waals surface area contributed by atoms with Crippen molar-refractivity contribution in [2.45, 2.75) is 19.8 Å². The van der Waals surface area contributed by atoms with Crippen LogP contribution in [0.2, 0.25) is 5.02 Å². The molecule has 0 atom stereocenters. The lowest BCUT2D eigenvalue weighted by atomic mass is 9.99. The zero-order valence-corrected chi connectivity index (χ0v) is 16.4. The molecule has 1 aromatic heterocycles. The molecule has 0 spiro atoms. The van der Waals surface area contributed by atoms with Gasteiger partial charge < -0.3 is 4.90 Å². The lowest BCUT2D eigenvalue weighted by Crippen LogP contribution is -2.38. The highest BCUT2D eigenvalue weighted by molar-refractivity contribution is 6.30. The number of carbonyl (C=O) groups is 1. The summed E-state index contributed by atoms with van der Waals surface area (Å²) in [4.78, 5) is 15.1. The summed E-state index contributed by atoms with van der Waals surface area (Å²) in [6, 6.07) is 15.2. The first-order chi connectivity index (χ1) is 13.5. The van der Waals surface area contributed by atoms with Gasteiger partial charge in [0, 0.05) is 23.7 Å². The Balaban J connectivity index is 1.78. The van der Waals surface area contributed by atoms with E-state index in [0.29, 0.717) is 33.6 Å². The van der Waals surface area contributed by atoms with Crippen molar-refractivity contribution in [3.8, 4) is 16.9 Å². The number of amides is 1. The van der Waals surface area contributed by atoms with Crippen LogP contribution in [0.25, 0.3) is 16.9 Å². The topological polar surface area (TPSA) is 38.1 Å². The van der Waals surface area contributed by atoms with E-state index in [2.05, 4.69) is 12.0 Å². The van der Waals surface area contributed by atoms with Crippen LogP contribution in [0.15, 0.2) is 54.6 Å². The summed E-state index contributed by atoms with van der Waals surface area (Å²) >= 11 is 6.00. The number of piperidine rings is 1. The predicted octanol–water partition coefficient (Wildman–Crippen LogP) is 5.20. The van der Waals surface area contributed by atoms with Crippen molar-refractivity contribution in [2.75, 3.05) is 13.1 Å². The van der Waals surface area contributed by atoms with Crippen molar-refractivity contribution in [3.63, 3.8) is 0 Å². The summed E-state index contributed by atoms with van der Waals surface area (Å²) in [5.74, 6) is 0.171. The first-order valence-corrected chi connectivity index (χ1v) is 9.81. The summed E-state index contributed by atoms with van der Waals surface area (Å²) in [6.45, 7) is 3.65. The molecule has 0 N–H and O–H groups in total. The molecule has 4 rings (SSSR count). The van der Waals surface area contributed by atoms with Gasteiger partial charge in [-0.2, -0.15) is 5.10 Å². The molecule has 0 unspecified atom stereocenters. The molecule has 2 aromatic carbocycles. The van der Waals surface area contributed by atoms with Crippen LogP contribution in [0, 0.1) is 11.7 Å². The summed E-state index contributed by atoms with van der Waals surface area (Å²) in [6.07, 6.45) is 1.97. The molecule has 28 heavy (non-hydrogen) atoms. The molecule has 0 radical (unpaired) electrons. The van der Waals surface area contributed by atoms with E-state index in [1.807, 2.05) is 4.90 Å². The number of aromatic nitrogens is 2. The minimum absolute atomic E-state index is 0.0862. The fraction of sp³-hybridized carbons (Fsp3) is 0.273. The molecular weight excluding hydrogens is 377 g/mol. The van der Waals surface area contributed by atoms with E-state index in [-0.39, 0.29) is 11.7 Å². The highest BCUT2D eigenvalue weighted by Gasteiger charge is 2.26. The second kappa shape index (κ2) is 7.76. The monoisotopic (exact) mass is 397 g/mol. The fourth-order valence-electron chi connectivity index (χ4n) is 3.49. The average molecular weight is 398 g/mol. The molecule has 1 aliphatic rings. The molecule has 4 nitrogen and oxygen atoms in total. The maximum absolute atomic E-state index is 14.3. The molecule has 1 fully saturated rings. The quantitative estimate of drug-likeness (QED) is 0.609. The van der Waals surface area contributed by atoms with Gasteiger partial charge in [-0.15, -0.1) is 0 Å². The molecule has 1 aliphatic heterocycles. The third kappa shape index (κ3) is 3.67. The molecule has 0 bridgehead atoms. The standard InChI is InChI=1S/C22H21ClFN3O/c1-15-10-12-26(13-11-15)22(28)21-14-20(18-4-2-3-5-19(18)24)25-27(21)17-8-6-16(23)7-9-17/h2-9,14-15H,10-13H2,1H3. The van der Waals surface area contributed by atoms with Crippen LogP contribution in [0.5, 0.6) is 0 Å². The lowest BCUT2D eigenvalue weighted by molar-refractivity contribution is 0.0688. The Kier molecular flexibility index (Phi) is 5.18. The zero-order valence-electron chi connectivity index (χ0n) is 15.6. The maximum Gasteiger partial charge on any atom is 0.272 e. The van der Waals surface area contributed by atoms with Crippen LogP contribution in [0.3, 0.4) is 0 Å². The SMILES string of the molecule is CC1CCN(C(=O)c2cc(-c3ccccc3F)nn2-c2ccc(Cl)cc2)CC1. The van der Waals surface area contributed by atoms with Crippen molar-refractivity contribution < 1.29 is 9.18 Å². The van der Waals surface area contributed by atoms with Crippen molar-refractivity contribution in [2.24, 2.45) is 5.92 Å². The van der Waals surface area contributed by atoms with Gasteiger partial charge in [-0.1, -0.05) is 30.7 Å². The van der Waals surface area contributed by atoms with Crippen molar-refractivity contribution in [1.29, 1.82) is 0 Å². The second-order valence-corrected chi connectivity index (χ2v) is 7.69. The third-order valence-electron chi connectivity index (χ3n) is 5.22. The Morgan fingerprint density at radius 3 is 2.46 bits per heavy atom. The smallest absolute Gasteiger partial charge is 0.272 e. The van der Waals surface area contributed by atoms with Gasteiger partial charge in [0.1, 0.15) is 11.5 Å². The molecule has 0 aliphatic carbocycles. The molecule has 0 saturated carbocycles. The van der Waals surface area contributed by atoms with E-state index in [1.54, 1.807) is 53.2 Å². The number of benzene rings is 2. The van der Waals surface area contributed by atoms with Crippen molar-refractivity contribution in [3.05, 3.63) is 71.1 Å². The highest BCUT2D eigenvalue weighted by Crippen LogP contribution is 2.26. The van der Waals surface area contributed by atoms with E-state index in [1.165, 1.54) is 6.07 Å². The molecular formula is C22H21ClFN3O. The zero-order chi connectivity index (χ0) is 19.7. The summed E-state index contributed by atoms with van der Waals surface area (Å²) < 4.78 is 15.9. The van der Waals surface area contributed by atoms with Gasteiger partial charge >= 0.3 is 0 Å². The van der Waals surface area contributed by atoms with Crippen molar-refractivity contribution >= 4 is 17.5 Å². The fourth-order valence-corrected chi connectivity index (χ4v) is 3.61. The first-order valence-electron chi connectivity index (χ1n) is 9.43. The number of carbonyl (C=O) groups excluding carboxylic acids is 1. The van der Waals surface area contributed by atoms with Gasteiger partial charge in [-0.25, -0.2) is 9.07 Å². The molecule has 1 saturated heterocycles. The first kappa shape index (κ1) is 18.7. The number of nitrogens with zero attached hydrogens (tertiary/aromatic N) is 3. The number of rotatable bonds is 3. The van der Waals surface area contributed by atoms with Gasteiger partial charge in [0.05, 0.1) is 11.4 Å². The third-order valence-corrected chi connectivity index (χ3v) is 5.47. The molecule has 1 amide bonds. The maximum atomic E-state index is 14.3. The highest BCUT2D eigenvalue weighted by atomic mass is 35.5. The summed E-state index contributed by atoms with van der Waals surface area (Å²) in [5.41, 5.74) is 1.94. The molecule has 3 aromatic rings. The Morgan fingerprint density at radius 2 is 1.79 bits per heavy atom. The van der Waals surface area contributed by atoms with Gasteiger partial charge in [0.2, 0.25) is 0 Å². The van der Waals surface area contributed by atoms with E-state index < -0.39 is 0 Å². The minimum atomic E-state index is -0.367. The van der Waals surface area contributed by atoms with E-state index in [9.17, 15) is 9.18 Å². The molecule has 6 heteroatoms. The van der Waals surface area contributed by atoms with Crippen LogP contribution in [0.4, 0.5) is 4.39 Å². The Bertz CT molecular complexity index is 991. The van der Waals surface area contributed by atoms with Crippen LogP contribution >= 0.6 is 11.6 Å². The molecule has 144 valence electrons. The number of hydrogen-bond acceptors (Lipinski definition) is 2. The van der Waals surface area contributed by atoms with Gasteiger partial charge in [-0.05, 0) is 61.2 Å². The van der Waals surface area contributed by atoms with E-state index in [4.69, 9.17) is 11.6 Å². The summed E-state index contributed by atoms with van der Waals surface area (Å²) in [5, 5.41) is 5.16.